The van der Waals surface area contributed by atoms with E-state index in [1.54, 1.807) is 11.1 Å². The van der Waals surface area contributed by atoms with E-state index < -0.39 is 0 Å². The molecule has 3 aliphatic carbocycles. The number of rotatable bonds is 4. The smallest absolute Gasteiger partial charge is 0.102 e. The van der Waals surface area contributed by atoms with Gasteiger partial charge in [0, 0.05) is 5.41 Å². The van der Waals surface area contributed by atoms with Gasteiger partial charge in [-0.05, 0) is 56.7 Å². The molecule has 1 heterocycles. The molecule has 2 nitrogen and oxygen atoms in total. The van der Waals surface area contributed by atoms with E-state index in [-0.39, 0.29) is 11.0 Å². The van der Waals surface area contributed by atoms with Crippen molar-refractivity contribution in [3.8, 4) is 0 Å². The van der Waals surface area contributed by atoms with Crippen molar-refractivity contribution in [3.05, 3.63) is 59.2 Å². The van der Waals surface area contributed by atoms with Crippen LogP contribution < -0.4 is 5.32 Å². The summed E-state index contributed by atoms with van der Waals surface area (Å²) < 4.78 is 6.74. The Labute approximate surface area is 152 Å². The quantitative estimate of drug-likeness (QED) is 0.795. The maximum atomic E-state index is 6.74. The van der Waals surface area contributed by atoms with Crippen molar-refractivity contribution >= 4 is 0 Å². The Balaban J connectivity index is 1.78. The molecule has 5 rings (SSSR count). The number of ether oxygens (including phenoxy) is 1. The van der Waals surface area contributed by atoms with Crippen LogP contribution in [0.25, 0.3) is 0 Å². The van der Waals surface area contributed by atoms with Gasteiger partial charge in [0.1, 0.15) is 5.60 Å². The van der Waals surface area contributed by atoms with Gasteiger partial charge < -0.3 is 10.1 Å². The second-order valence-electron chi connectivity index (χ2n) is 8.71. The minimum absolute atomic E-state index is 0.0358. The third kappa shape index (κ3) is 2.90. The SMILES string of the molecule is CNCC1COC(c2ccccc2)(C2(C)C=C3CC(=CC(C)C2)C3)C1. The van der Waals surface area contributed by atoms with Gasteiger partial charge in [-0.25, -0.2) is 0 Å². The Morgan fingerprint density at radius 2 is 1.88 bits per heavy atom. The molecule has 1 saturated carbocycles. The highest BCUT2D eigenvalue weighted by atomic mass is 16.5. The molecule has 0 radical (unpaired) electrons. The molecule has 4 atom stereocenters. The first-order valence-electron chi connectivity index (χ1n) is 9.79. The topological polar surface area (TPSA) is 21.3 Å². The molecule has 2 bridgehead atoms. The average molecular weight is 338 g/mol. The Kier molecular flexibility index (Phi) is 4.37. The largest absolute Gasteiger partial charge is 0.369 e. The lowest BCUT2D eigenvalue weighted by molar-refractivity contribution is -0.0858. The van der Waals surface area contributed by atoms with Gasteiger partial charge in [0.15, 0.2) is 0 Å². The highest BCUT2D eigenvalue weighted by Crippen LogP contribution is 2.57. The first-order chi connectivity index (χ1) is 12.0. The van der Waals surface area contributed by atoms with Crippen molar-refractivity contribution in [2.24, 2.45) is 17.3 Å². The van der Waals surface area contributed by atoms with Crippen LogP contribution in [0.2, 0.25) is 0 Å². The molecule has 0 aromatic heterocycles. The van der Waals surface area contributed by atoms with E-state index in [1.807, 2.05) is 7.05 Å². The molecule has 25 heavy (non-hydrogen) atoms. The van der Waals surface area contributed by atoms with Crippen molar-refractivity contribution in [3.63, 3.8) is 0 Å². The van der Waals surface area contributed by atoms with E-state index in [2.05, 4.69) is 61.6 Å². The Morgan fingerprint density at radius 1 is 1.12 bits per heavy atom. The summed E-state index contributed by atoms with van der Waals surface area (Å²) in [5.41, 5.74) is 4.42. The highest BCUT2D eigenvalue weighted by Gasteiger charge is 2.54. The first kappa shape index (κ1) is 17.1. The van der Waals surface area contributed by atoms with E-state index >= 15 is 0 Å². The van der Waals surface area contributed by atoms with Crippen molar-refractivity contribution in [2.75, 3.05) is 20.2 Å². The number of hydrogen-bond acceptors (Lipinski definition) is 2. The fourth-order valence-electron chi connectivity index (χ4n) is 5.51. The third-order valence-corrected chi connectivity index (χ3v) is 6.49. The van der Waals surface area contributed by atoms with E-state index in [0.29, 0.717) is 11.8 Å². The summed E-state index contributed by atoms with van der Waals surface area (Å²) in [6.07, 6.45) is 9.74. The zero-order valence-electron chi connectivity index (χ0n) is 15.8. The molecule has 1 aromatic rings. The highest BCUT2D eigenvalue weighted by molar-refractivity contribution is 5.38. The van der Waals surface area contributed by atoms with Gasteiger partial charge >= 0.3 is 0 Å². The summed E-state index contributed by atoms with van der Waals surface area (Å²) in [7, 11) is 2.05. The van der Waals surface area contributed by atoms with Gasteiger partial charge in [0.2, 0.25) is 0 Å². The summed E-state index contributed by atoms with van der Waals surface area (Å²) in [6, 6.07) is 11.0. The van der Waals surface area contributed by atoms with Crippen LogP contribution in [0.1, 0.15) is 45.1 Å². The summed E-state index contributed by atoms with van der Waals surface area (Å²) in [5, 5.41) is 3.36. The fraction of sp³-hybridized carbons (Fsp3) is 0.565. The fourth-order valence-corrected chi connectivity index (χ4v) is 5.51. The van der Waals surface area contributed by atoms with Gasteiger partial charge in [0.05, 0.1) is 6.61 Å². The summed E-state index contributed by atoms with van der Waals surface area (Å²) in [4.78, 5) is 0. The van der Waals surface area contributed by atoms with E-state index in [1.165, 1.54) is 18.4 Å². The number of nitrogens with one attached hydrogen (secondary N) is 1. The molecule has 2 heteroatoms. The molecule has 0 amide bonds. The molecule has 134 valence electrons. The summed E-state index contributed by atoms with van der Waals surface area (Å²) >= 11 is 0. The van der Waals surface area contributed by atoms with Crippen molar-refractivity contribution in [1.82, 2.24) is 5.32 Å². The minimum atomic E-state index is -0.210. The molecule has 1 saturated heterocycles. The molecular formula is C23H31NO. The van der Waals surface area contributed by atoms with Crippen LogP contribution in [0.15, 0.2) is 53.6 Å². The van der Waals surface area contributed by atoms with Crippen molar-refractivity contribution in [2.45, 2.75) is 45.1 Å². The van der Waals surface area contributed by atoms with Gasteiger partial charge in [-0.1, -0.05) is 67.5 Å². The maximum Gasteiger partial charge on any atom is 0.102 e. The molecule has 0 spiro atoms. The van der Waals surface area contributed by atoms with Crippen LogP contribution in [0.4, 0.5) is 0 Å². The molecule has 1 aromatic carbocycles. The summed E-state index contributed by atoms with van der Waals surface area (Å²) in [6.45, 7) is 6.70. The first-order valence-corrected chi connectivity index (χ1v) is 9.79. The Hall–Kier alpha value is -1.38. The average Bonchev–Trinajstić information content (AvgIpc) is 2.98. The van der Waals surface area contributed by atoms with Gasteiger partial charge in [-0.2, -0.15) is 0 Å². The Morgan fingerprint density at radius 3 is 2.60 bits per heavy atom. The summed E-state index contributed by atoms with van der Waals surface area (Å²) in [5.74, 6) is 1.18. The van der Waals surface area contributed by atoms with Gasteiger partial charge in [-0.3, -0.25) is 0 Å². The lowest BCUT2D eigenvalue weighted by Crippen LogP contribution is -2.44. The van der Waals surface area contributed by atoms with Crippen LogP contribution in [0.3, 0.4) is 0 Å². The molecule has 4 unspecified atom stereocenters. The van der Waals surface area contributed by atoms with Crippen LogP contribution in [0.5, 0.6) is 0 Å². The van der Waals surface area contributed by atoms with Crippen LogP contribution in [0, 0.1) is 17.3 Å². The van der Waals surface area contributed by atoms with Crippen molar-refractivity contribution < 1.29 is 4.74 Å². The third-order valence-electron chi connectivity index (χ3n) is 6.49. The van der Waals surface area contributed by atoms with E-state index in [0.717, 1.165) is 26.0 Å². The maximum absolute atomic E-state index is 6.74. The molecule has 2 fully saturated rings. The second kappa shape index (κ2) is 6.41. The Bertz CT molecular complexity index is 681. The van der Waals surface area contributed by atoms with Gasteiger partial charge in [-0.15, -0.1) is 0 Å². The standard InChI is InChI=1S/C23H31NO/c1-17-9-18-10-19(11-18)13-22(2,12-17)23(21-7-5-4-6-8-21)14-20(15-24-3)16-25-23/h4-9,13,17,20,24H,10-12,14-16H2,1-3H3. The van der Waals surface area contributed by atoms with Crippen LogP contribution in [-0.2, 0) is 10.3 Å². The zero-order chi connectivity index (χ0) is 17.5. The van der Waals surface area contributed by atoms with Crippen LogP contribution in [-0.4, -0.2) is 20.2 Å². The number of allylic oxidation sites excluding steroid dienone is 3. The molecule has 4 aliphatic rings. The minimum Gasteiger partial charge on any atom is -0.369 e. The second-order valence-corrected chi connectivity index (χ2v) is 8.71. The number of fused-ring (bicyclic) bond motifs is 4. The normalized spacial score (nSPS) is 37.6. The van der Waals surface area contributed by atoms with Gasteiger partial charge in [0.25, 0.3) is 0 Å². The lowest BCUT2D eigenvalue weighted by Gasteiger charge is -2.48. The number of hydrogen-bond donors (Lipinski definition) is 1. The molecule has 1 N–H and O–H groups in total. The van der Waals surface area contributed by atoms with E-state index in [4.69, 9.17) is 4.74 Å². The molecular weight excluding hydrogens is 306 g/mol. The van der Waals surface area contributed by atoms with Crippen molar-refractivity contribution in [1.29, 1.82) is 0 Å². The number of benzene rings is 1. The zero-order valence-corrected chi connectivity index (χ0v) is 15.8. The monoisotopic (exact) mass is 337 g/mol. The predicted molar refractivity (Wildman–Crippen MR) is 103 cm³/mol. The lowest BCUT2D eigenvalue weighted by atomic mass is 9.60. The molecule has 1 aliphatic heterocycles. The predicted octanol–water partition coefficient (Wildman–Crippen LogP) is 4.83. The van der Waals surface area contributed by atoms with Crippen LogP contribution >= 0.6 is 0 Å². The van der Waals surface area contributed by atoms with E-state index in [9.17, 15) is 0 Å².